The van der Waals surface area contributed by atoms with Gasteiger partial charge in [-0.3, -0.25) is 19.4 Å². The van der Waals surface area contributed by atoms with E-state index in [1.54, 1.807) is 9.80 Å². The van der Waals surface area contributed by atoms with E-state index in [0.717, 1.165) is 46.2 Å². The zero-order valence-corrected chi connectivity index (χ0v) is 36.3. The fraction of sp³-hybridized carbons (Fsp3) is 0.440. The highest BCUT2D eigenvalue weighted by Crippen LogP contribution is 2.27. The Hall–Kier alpha value is -5.64. The average molecular weight is 815 g/mol. The molecule has 2 aliphatic heterocycles. The molecule has 2 heterocycles. The van der Waals surface area contributed by atoms with Crippen LogP contribution in [-0.4, -0.2) is 93.1 Å². The summed E-state index contributed by atoms with van der Waals surface area (Å²) in [5.41, 5.74) is 5.07. The first-order chi connectivity index (χ1) is 28.6. The maximum Gasteiger partial charge on any atom is 0.410 e. The second kappa shape index (κ2) is 19.6. The van der Waals surface area contributed by atoms with Gasteiger partial charge in [0.1, 0.15) is 23.3 Å². The molecule has 0 aromatic heterocycles. The van der Waals surface area contributed by atoms with Crippen molar-refractivity contribution in [3.8, 4) is 11.1 Å². The molecule has 4 aromatic carbocycles. The van der Waals surface area contributed by atoms with Crippen LogP contribution in [0.1, 0.15) is 89.5 Å². The van der Waals surface area contributed by atoms with Gasteiger partial charge in [0.15, 0.2) is 0 Å². The lowest BCUT2D eigenvalue weighted by Gasteiger charge is -2.32. The standard InChI is InChI=1S/C50H62N4O6/c1-49(2,3)59-47(57)53-31-13-19-43(53)45(55)51(33-29-37-15-9-7-10-16-37)35-39-21-25-41(26-22-39)42-27-23-40(24-28-42)36-52(34-30-38-17-11-8-12-18-38)46(56)44-20-14-32-54(44)48(58)60-50(4,5)6/h7-12,15-18,21-28,43-44H,13-14,19-20,29-36H2,1-6H3/t43-,44-/m0/s1. The van der Waals surface area contributed by atoms with Gasteiger partial charge >= 0.3 is 12.2 Å². The minimum absolute atomic E-state index is 0.0595. The summed E-state index contributed by atoms with van der Waals surface area (Å²) in [4.78, 5) is 61.6. The Morgan fingerprint density at radius 2 is 0.867 bits per heavy atom. The largest absolute Gasteiger partial charge is 0.444 e. The Morgan fingerprint density at radius 1 is 0.517 bits per heavy atom. The summed E-state index contributed by atoms with van der Waals surface area (Å²) in [6.45, 7) is 13.9. The lowest BCUT2D eigenvalue weighted by Crippen LogP contribution is -2.49. The Morgan fingerprint density at radius 3 is 1.20 bits per heavy atom. The van der Waals surface area contributed by atoms with E-state index in [-0.39, 0.29) is 11.8 Å². The van der Waals surface area contributed by atoms with Crippen LogP contribution in [0.5, 0.6) is 0 Å². The SMILES string of the molecule is CC(C)(C)OC(=O)N1CCC[C@H]1C(=O)N(CCc1ccccc1)Cc1ccc(-c2ccc(CN(CCc3ccccc3)C(=O)[C@@H]3CCCN3C(=O)OC(C)(C)C)cc2)cc1. The van der Waals surface area contributed by atoms with Gasteiger partial charge in [-0.1, -0.05) is 109 Å². The highest BCUT2D eigenvalue weighted by Gasteiger charge is 2.40. The van der Waals surface area contributed by atoms with Gasteiger partial charge in [0.2, 0.25) is 11.8 Å². The summed E-state index contributed by atoms with van der Waals surface area (Å²) < 4.78 is 11.4. The number of carbonyl (C=O) groups is 4. The van der Waals surface area contributed by atoms with Crippen molar-refractivity contribution in [1.29, 1.82) is 0 Å². The third-order valence-electron chi connectivity index (χ3n) is 11.0. The summed E-state index contributed by atoms with van der Waals surface area (Å²) in [5.74, 6) is -0.119. The Balaban J connectivity index is 1.14. The summed E-state index contributed by atoms with van der Waals surface area (Å²) in [6, 6.07) is 35.7. The molecule has 4 amide bonds. The molecular weight excluding hydrogens is 753 g/mol. The van der Waals surface area contributed by atoms with Gasteiger partial charge in [0.25, 0.3) is 0 Å². The molecule has 2 saturated heterocycles. The monoisotopic (exact) mass is 814 g/mol. The average Bonchev–Trinajstić information content (AvgIpc) is 3.92. The molecule has 10 nitrogen and oxygen atoms in total. The number of benzene rings is 4. The highest BCUT2D eigenvalue weighted by molar-refractivity contribution is 5.87. The topological polar surface area (TPSA) is 99.7 Å². The Labute approximate surface area is 356 Å². The van der Waals surface area contributed by atoms with Crippen molar-refractivity contribution in [2.75, 3.05) is 26.2 Å². The molecule has 0 unspecified atom stereocenters. The van der Waals surface area contributed by atoms with Crippen molar-refractivity contribution in [3.05, 3.63) is 131 Å². The van der Waals surface area contributed by atoms with Crippen LogP contribution in [0, 0.1) is 0 Å². The van der Waals surface area contributed by atoms with Crippen molar-refractivity contribution in [2.24, 2.45) is 0 Å². The molecule has 2 fully saturated rings. The molecule has 2 aliphatic rings. The molecular formula is C50H62N4O6. The zero-order chi connectivity index (χ0) is 42.9. The number of nitrogens with zero attached hydrogens (tertiary/aromatic N) is 4. The molecule has 10 heteroatoms. The Kier molecular flexibility index (Phi) is 14.4. The second-order valence-electron chi connectivity index (χ2n) is 18.0. The molecule has 0 saturated carbocycles. The van der Waals surface area contributed by atoms with Crippen molar-refractivity contribution >= 4 is 24.0 Å². The minimum atomic E-state index is -0.646. The second-order valence-corrected chi connectivity index (χ2v) is 18.0. The first-order valence-electron chi connectivity index (χ1n) is 21.5. The summed E-state index contributed by atoms with van der Waals surface area (Å²) in [6.07, 6.45) is 3.25. The highest BCUT2D eigenvalue weighted by atomic mass is 16.6. The van der Waals surface area contributed by atoms with Gasteiger partial charge in [-0.05, 0) is 113 Å². The van der Waals surface area contributed by atoms with Gasteiger partial charge < -0.3 is 19.3 Å². The maximum atomic E-state index is 14.2. The van der Waals surface area contributed by atoms with Crippen molar-refractivity contribution in [2.45, 2.75) is 116 Å². The van der Waals surface area contributed by atoms with E-state index in [1.807, 2.05) is 87.7 Å². The number of likely N-dealkylation sites (tertiary alicyclic amines) is 2. The van der Waals surface area contributed by atoms with Crippen LogP contribution in [0.15, 0.2) is 109 Å². The van der Waals surface area contributed by atoms with Crippen LogP contribution in [0.25, 0.3) is 11.1 Å². The number of carbonyl (C=O) groups excluding carboxylic acids is 4. The fourth-order valence-corrected chi connectivity index (χ4v) is 7.94. The van der Waals surface area contributed by atoms with E-state index in [1.165, 1.54) is 0 Å². The maximum absolute atomic E-state index is 14.2. The van der Waals surface area contributed by atoms with Gasteiger partial charge in [0, 0.05) is 39.3 Å². The summed E-state index contributed by atoms with van der Waals surface area (Å²) in [7, 11) is 0. The first kappa shape index (κ1) is 43.9. The molecule has 0 N–H and O–H groups in total. The van der Waals surface area contributed by atoms with Gasteiger partial charge in [-0.2, -0.15) is 0 Å². The molecule has 6 rings (SSSR count). The summed E-state index contributed by atoms with van der Waals surface area (Å²) in [5, 5.41) is 0. The van der Waals surface area contributed by atoms with E-state index in [0.29, 0.717) is 65.0 Å². The molecule has 4 aromatic rings. The van der Waals surface area contributed by atoms with Gasteiger partial charge in [-0.15, -0.1) is 0 Å². The molecule has 318 valence electrons. The third kappa shape index (κ3) is 12.2. The number of ether oxygens (including phenoxy) is 2. The van der Waals surface area contributed by atoms with E-state index in [4.69, 9.17) is 9.47 Å². The summed E-state index contributed by atoms with van der Waals surface area (Å²) >= 11 is 0. The van der Waals surface area contributed by atoms with Gasteiger partial charge in [0.05, 0.1) is 0 Å². The predicted octanol–water partition coefficient (Wildman–Crippen LogP) is 9.30. The molecule has 2 atom stereocenters. The van der Waals surface area contributed by atoms with Crippen molar-refractivity contribution in [1.82, 2.24) is 19.6 Å². The van der Waals surface area contributed by atoms with Crippen molar-refractivity contribution in [3.63, 3.8) is 0 Å². The Bertz CT molecular complexity index is 1890. The molecule has 0 aliphatic carbocycles. The molecule has 0 spiro atoms. The van der Waals surface area contributed by atoms with Crippen LogP contribution in [0.2, 0.25) is 0 Å². The first-order valence-corrected chi connectivity index (χ1v) is 21.5. The zero-order valence-electron chi connectivity index (χ0n) is 36.3. The van der Waals surface area contributed by atoms with Crippen LogP contribution in [-0.2, 0) is 45.0 Å². The number of hydrogen-bond donors (Lipinski definition) is 0. The van der Waals surface area contributed by atoms with Crippen LogP contribution >= 0.6 is 0 Å². The van der Waals surface area contributed by atoms with Crippen molar-refractivity contribution < 1.29 is 28.7 Å². The van der Waals surface area contributed by atoms with Crippen LogP contribution < -0.4 is 0 Å². The van der Waals surface area contributed by atoms with Crippen LogP contribution in [0.4, 0.5) is 9.59 Å². The molecule has 0 bridgehead atoms. The third-order valence-corrected chi connectivity index (χ3v) is 11.0. The minimum Gasteiger partial charge on any atom is -0.444 e. The van der Waals surface area contributed by atoms with E-state index in [2.05, 4.69) is 72.8 Å². The van der Waals surface area contributed by atoms with E-state index < -0.39 is 35.5 Å². The van der Waals surface area contributed by atoms with Crippen LogP contribution in [0.3, 0.4) is 0 Å². The van der Waals surface area contributed by atoms with Gasteiger partial charge in [-0.25, -0.2) is 9.59 Å². The number of hydrogen-bond acceptors (Lipinski definition) is 6. The molecule has 60 heavy (non-hydrogen) atoms. The lowest BCUT2D eigenvalue weighted by atomic mass is 10.0. The normalized spacial score (nSPS) is 16.7. The predicted molar refractivity (Wildman–Crippen MR) is 235 cm³/mol. The lowest BCUT2D eigenvalue weighted by molar-refractivity contribution is -0.137. The van der Waals surface area contributed by atoms with E-state index in [9.17, 15) is 19.2 Å². The quantitative estimate of drug-likeness (QED) is 0.134. The number of rotatable bonds is 13. The fourth-order valence-electron chi connectivity index (χ4n) is 7.94. The molecule has 0 radical (unpaired) electrons. The van der Waals surface area contributed by atoms with E-state index >= 15 is 0 Å². The smallest absolute Gasteiger partial charge is 0.410 e. The number of amides is 4.